The fourth-order valence-electron chi connectivity index (χ4n) is 6.71. The second-order valence-electron chi connectivity index (χ2n) is 13.4. The molecule has 4 atom stereocenters. The zero-order chi connectivity index (χ0) is 34.5. The molecule has 3 aromatic rings. The monoisotopic (exact) mass is 689 g/mol. The summed E-state index contributed by atoms with van der Waals surface area (Å²) < 4.78 is 13.5. The van der Waals surface area contributed by atoms with Gasteiger partial charge in [-0.1, -0.05) is 151 Å². The minimum absolute atomic E-state index is 0.0159. The van der Waals surface area contributed by atoms with Crippen LogP contribution in [0.4, 0.5) is 5.69 Å². The Morgan fingerprint density at radius 1 is 0.714 bits per heavy atom. The van der Waals surface area contributed by atoms with Gasteiger partial charge in [-0.3, -0.25) is 4.79 Å². The summed E-state index contributed by atoms with van der Waals surface area (Å²) >= 11 is 1.67. The van der Waals surface area contributed by atoms with Crippen LogP contribution in [0.3, 0.4) is 0 Å². The van der Waals surface area contributed by atoms with Gasteiger partial charge >= 0.3 is 0 Å². The first kappa shape index (κ1) is 39.1. The average molecular weight is 690 g/mol. The van der Waals surface area contributed by atoms with E-state index in [1.807, 2.05) is 66.7 Å². The number of benzene rings is 3. The van der Waals surface area contributed by atoms with E-state index in [1.165, 1.54) is 70.6 Å². The van der Waals surface area contributed by atoms with Gasteiger partial charge in [0.1, 0.15) is 0 Å². The second-order valence-corrected chi connectivity index (χ2v) is 14.5. The number of aliphatic hydroxyl groups is 2. The third-order valence-electron chi connectivity index (χ3n) is 9.44. The summed E-state index contributed by atoms with van der Waals surface area (Å²) in [6.07, 6.45) is 16.1. The van der Waals surface area contributed by atoms with E-state index >= 15 is 0 Å². The van der Waals surface area contributed by atoms with Gasteiger partial charge in [-0.05, 0) is 35.2 Å². The maximum atomic E-state index is 12.9. The molecule has 6 nitrogen and oxygen atoms in total. The van der Waals surface area contributed by atoms with Gasteiger partial charge in [-0.2, -0.15) is 11.8 Å². The zero-order valence-electron chi connectivity index (χ0n) is 29.6. The highest BCUT2D eigenvalue weighted by atomic mass is 32.2. The van der Waals surface area contributed by atoms with Crippen molar-refractivity contribution in [2.75, 3.05) is 23.4 Å². The molecule has 0 aliphatic carbocycles. The van der Waals surface area contributed by atoms with Crippen molar-refractivity contribution >= 4 is 23.4 Å². The smallest absolute Gasteiger partial charge is 0.224 e. The molecule has 0 aromatic heterocycles. The number of nitrogens with one attached hydrogen (secondary N) is 1. The van der Waals surface area contributed by atoms with E-state index in [1.54, 1.807) is 11.8 Å². The quantitative estimate of drug-likeness (QED) is 0.0859. The van der Waals surface area contributed by atoms with Gasteiger partial charge in [0.05, 0.1) is 25.4 Å². The van der Waals surface area contributed by atoms with Gasteiger partial charge in [0.25, 0.3) is 0 Å². The number of amides is 1. The van der Waals surface area contributed by atoms with Crippen molar-refractivity contribution in [3.8, 4) is 0 Å². The third kappa shape index (κ3) is 13.5. The van der Waals surface area contributed by atoms with E-state index in [0.29, 0.717) is 17.9 Å². The van der Waals surface area contributed by atoms with Crippen LogP contribution >= 0.6 is 11.8 Å². The predicted molar refractivity (Wildman–Crippen MR) is 203 cm³/mol. The van der Waals surface area contributed by atoms with Crippen LogP contribution in [0.25, 0.3) is 0 Å². The molecule has 1 amide bonds. The lowest BCUT2D eigenvalue weighted by atomic mass is 9.84. The Morgan fingerprint density at radius 3 is 1.98 bits per heavy atom. The molecule has 1 aliphatic rings. The van der Waals surface area contributed by atoms with Gasteiger partial charge in [0.15, 0.2) is 6.29 Å². The summed E-state index contributed by atoms with van der Waals surface area (Å²) in [5.74, 6) is 1.28. The highest BCUT2D eigenvalue weighted by molar-refractivity contribution is 7.99. The molecule has 3 aromatic carbocycles. The first-order valence-corrected chi connectivity index (χ1v) is 19.9. The van der Waals surface area contributed by atoms with Crippen LogP contribution in [0.1, 0.15) is 137 Å². The Morgan fingerprint density at radius 2 is 1.35 bits per heavy atom. The van der Waals surface area contributed by atoms with Crippen LogP contribution in [0.5, 0.6) is 0 Å². The fourth-order valence-corrected chi connectivity index (χ4v) is 7.52. The van der Waals surface area contributed by atoms with Crippen molar-refractivity contribution in [2.45, 2.75) is 128 Å². The molecule has 0 saturated carbocycles. The Balaban J connectivity index is 1.32. The normalized spacial score (nSPS) is 19.2. The number of rotatable bonds is 23. The van der Waals surface area contributed by atoms with E-state index in [0.717, 1.165) is 40.8 Å². The minimum atomic E-state index is -0.639. The van der Waals surface area contributed by atoms with E-state index in [2.05, 4.69) is 24.4 Å². The Labute approximate surface area is 299 Å². The lowest BCUT2D eigenvalue weighted by Gasteiger charge is -2.43. The molecule has 1 aliphatic heterocycles. The molecule has 4 unspecified atom stereocenters. The van der Waals surface area contributed by atoms with Crippen LogP contribution in [-0.2, 0) is 20.9 Å². The second kappa shape index (κ2) is 22.9. The molecular weight excluding hydrogens is 631 g/mol. The van der Waals surface area contributed by atoms with Crippen molar-refractivity contribution in [2.24, 2.45) is 0 Å². The van der Waals surface area contributed by atoms with Gasteiger partial charge in [0, 0.05) is 35.1 Å². The van der Waals surface area contributed by atoms with Crippen molar-refractivity contribution in [3.05, 3.63) is 101 Å². The van der Waals surface area contributed by atoms with Gasteiger partial charge in [-0.25, -0.2) is 0 Å². The van der Waals surface area contributed by atoms with E-state index < -0.39 is 6.29 Å². The van der Waals surface area contributed by atoms with E-state index in [4.69, 9.17) is 9.47 Å². The number of hydrogen-bond acceptors (Lipinski definition) is 6. The van der Waals surface area contributed by atoms with Crippen molar-refractivity contribution in [3.63, 3.8) is 0 Å². The lowest BCUT2D eigenvalue weighted by Crippen LogP contribution is -2.38. The molecule has 1 heterocycles. The Hall–Kier alpha value is -2.68. The molecule has 0 spiro atoms. The standard InChI is InChI=1S/C42H59NO5S/c1-2-3-4-5-6-7-8-9-10-11-12-13-17-23-39(46)43-37-22-18-21-36(30-37)42-47-38(32-49-29-28-44)40(34-19-15-14-16-20-34)41(48-42)35-26-24-33(31-45)25-27-35/h14-16,18-22,24-27,30,38,40-42,44-45H,2-13,17,23,28-29,31-32H2,1H3,(H,43,46). The van der Waals surface area contributed by atoms with Gasteiger partial charge in [0.2, 0.25) is 5.91 Å². The van der Waals surface area contributed by atoms with Crippen LogP contribution in [0.2, 0.25) is 0 Å². The zero-order valence-corrected chi connectivity index (χ0v) is 30.4. The van der Waals surface area contributed by atoms with Crippen LogP contribution < -0.4 is 5.32 Å². The summed E-state index contributed by atoms with van der Waals surface area (Å²) in [5.41, 5.74) is 4.57. The largest absolute Gasteiger partial charge is 0.396 e. The van der Waals surface area contributed by atoms with Gasteiger partial charge in [-0.15, -0.1) is 0 Å². The third-order valence-corrected chi connectivity index (χ3v) is 10.5. The van der Waals surface area contributed by atoms with E-state index in [-0.39, 0.29) is 37.2 Å². The highest BCUT2D eigenvalue weighted by Gasteiger charge is 2.41. The molecule has 7 heteroatoms. The molecule has 0 bridgehead atoms. The van der Waals surface area contributed by atoms with Crippen molar-refractivity contribution in [1.29, 1.82) is 0 Å². The number of anilines is 1. The number of ether oxygens (including phenoxy) is 2. The maximum absolute atomic E-state index is 12.9. The fraction of sp³-hybridized carbons (Fsp3) is 0.548. The molecule has 1 saturated heterocycles. The molecular formula is C42H59NO5S. The van der Waals surface area contributed by atoms with Crippen LogP contribution in [0.15, 0.2) is 78.9 Å². The maximum Gasteiger partial charge on any atom is 0.224 e. The van der Waals surface area contributed by atoms with Crippen molar-refractivity contribution < 1.29 is 24.5 Å². The molecule has 4 rings (SSSR count). The summed E-state index contributed by atoms with van der Waals surface area (Å²) in [7, 11) is 0. The summed E-state index contributed by atoms with van der Waals surface area (Å²) in [6.45, 7) is 2.36. The van der Waals surface area contributed by atoms with Gasteiger partial charge < -0.3 is 25.0 Å². The number of carbonyl (C=O) groups is 1. The Bertz CT molecular complexity index is 1320. The van der Waals surface area contributed by atoms with E-state index in [9.17, 15) is 15.0 Å². The number of carbonyl (C=O) groups excluding carboxylic acids is 1. The first-order valence-electron chi connectivity index (χ1n) is 18.8. The van der Waals surface area contributed by atoms with Crippen LogP contribution in [-0.4, -0.2) is 40.3 Å². The average Bonchev–Trinajstić information content (AvgIpc) is 3.14. The SMILES string of the molecule is CCCCCCCCCCCCCCCC(=O)Nc1cccc(C2OC(CSCCO)C(c3ccccc3)C(c3ccc(CO)cc3)O2)c1. The predicted octanol–water partition coefficient (Wildman–Crippen LogP) is 10.3. The molecule has 268 valence electrons. The topological polar surface area (TPSA) is 88.0 Å². The highest BCUT2D eigenvalue weighted by Crippen LogP contribution is 2.47. The molecule has 0 radical (unpaired) electrons. The van der Waals surface area contributed by atoms with Crippen molar-refractivity contribution in [1.82, 2.24) is 0 Å². The number of thioether (sulfide) groups is 1. The minimum Gasteiger partial charge on any atom is -0.396 e. The lowest BCUT2D eigenvalue weighted by molar-refractivity contribution is -0.255. The summed E-state index contributed by atoms with van der Waals surface area (Å²) in [5, 5.41) is 22.3. The van der Waals surface area contributed by atoms with Crippen LogP contribution in [0, 0.1) is 0 Å². The molecule has 49 heavy (non-hydrogen) atoms. The molecule has 3 N–H and O–H groups in total. The number of hydrogen-bond donors (Lipinski definition) is 3. The summed E-state index contributed by atoms with van der Waals surface area (Å²) in [6, 6.07) is 26.0. The Kier molecular flexibility index (Phi) is 18.3. The number of unbranched alkanes of at least 4 members (excludes halogenated alkanes) is 12. The first-order chi connectivity index (χ1) is 24.1. The summed E-state index contributed by atoms with van der Waals surface area (Å²) in [4.78, 5) is 12.9. The molecule has 1 fully saturated rings. The number of aliphatic hydroxyl groups excluding tert-OH is 2.